The second-order valence-corrected chi connectivity index (χ2v) is 9.59. The van der Waals surface area contributed by atoms with Crippen LogP contribution in [0.3, 0.4) is 0 Å². The number of rotatable bonds is 6. The fourth-order valence-electron chi connectivity index (χ4n) is 0.747. The average molecular weight is 750 g/mol. The molecule has 0 aromatic rings. The number of hydrogen-bond acceptors (Lipinski definition) is 0. The predicted octanol–water partition coefficient (Wildman–Crippen LogP) is 12.8. The van der Waals surface area contributed by atoms with Gasteiger partial charge in [-0.3, -0.25) is 0 Å². The Morgan fingerprint density at radius 2 is 0.556 bits per heavy atom. The van der Waals surface area contributed by atoms with Crippen LogP contribution in [0.5, 0.6) is 0 Å². The van der Waals surface area contributed by atoms with E-state index in [9.17, 15) is 0 Å². The van der Waals surface area contributed by atoms with Crippen molar-refractivity contribution >= 4 is 70.2 Å². The van der Waals surface area contributed by atoms with Gasteiger partial charge >= 0.3 is 0 Å². The summed E-state index contributed by atoms with van der Waals surface area (Å²) in [6.45, 7) is 26.2. The van der Waals surface area contributed by atoms with E-state index in [0.717, 1.165) is 0 Å². The zero-order chi connectivity index (χ0) is 27.3. The minimum Gasteiger partial charge on any atom is -0.0915 e. The standard InChI is InChI=1S/C8H4S2.6C4H10.2Sn/c1-3-7(9-5-1)8-4-2-6-10-8;6*1-3-4-2;;/h1-4H;6*3-4H2,1-2H3;;/b8-7+;;;;;;;;. The molecule has 0 saturated heterocycles. The van der Waals surface area contributed by atoms with Gasteiger partial charge in [-0.05, 0) is 24.3 Å². The molecular weight excluding hydrogens is 686 g/mol. The molecule has 2 aliphatic rings. The Hall–Kier alpha value is 0.817. The first-order valence-electron chi connectivity index (χ1n) is 14.4. The van der Waals surface area contributed by atoms with Gasteiger partial charge in [-0.2, -0.15) is 0 Å². The Balaban J connectivity index is -0.0000000572. The van der Waals surface area contributed by atoms with E-state index in [1.807, 2.05) is 12.2 Å². The van der Waals surface area contributed by atoms with Crippen LogP contribution in [0, 0.1) is 10.4 Å². The molecule has 8 radical (unpaired) electrons. The van der Waals surface area contributed by atoms with Gasteiger partial charge in [0.25, 0.3) is 0 Å². The molecule has 0 N–H and O–H groups in total. The van der Waals surface area contributed by atoms with E-state index in [0.29, 0.717) is 0 Å². The minimum atomic E-state index is 0. The van der Waals surface area contributed by atoms with Gasteiger partial charge in [0.15, 0.2) is 0 Å². The predicted molar refractivity (Wildman–Crippen MR) is 183 cm³/mol. The van der Waals surface area contributed by atoms with E-state index >= 15 is 0 Å². The van der Waals surface area contributed by atoms with Crippen LogP contribution in [0.25, 0.3) is 0 Å². The van der Waals surface area contributed by atoms with Crippen LogP contribution in [0.15, 0.2) is 34.1 Å². The van der Waals surface area contributed by atoms with E-state index in [2.05, 4.69) is 106 Å². The van der Waals surface area contributed by atoms with Gasteiger partial charge in [0, 0.05) is 47.8 Å². The third kappa shape index (κ3) is 64.6. The average Bonchev–Trinajstić information content (AvgIpc) is 3.64. The molecule has 0 aliphatic carbocycles. The zero-order valence-corrected chi connectivity index (χ0v) is 34.0. The molecule has 0 bridgehead atoms. The molecule has 0 aromatic carbocycles. The van der Waals surface area contributed by atoms with Crippen molar-refractivity contribution in [3.8, 4) is 10.4 Å². The number of hydrogen-bond donors (Lipinski definition) is 0. The molecule has 0 saturated carbocycles. The van der Waals surface area contributed by atoms with E-state index in [-0.39, 0.29) is 47.8 Å². The van der Waals surface area contributed by atoms with Gasteiger partial charge in [-0.1, -0.05) is 193 Å². The van der Waals surface area contributed by atoms with Crippen LogP contribution in [-0.2, 0) is 0 Å². The summed E-state index contributed by atoms with van der Waals surface area (Å²) in [4.78, 5) is 2.57. The number of unbranched alkanes of at least 4 members (excludes halogenated alkanes) is 6. The second-order valence-electron chi connectivity index (χ2n) is 7.83. The second kappa shape index (κ2) is 60.4. The maximum atomic E-state index is 3.05. The molecule has 36 heavy (non-hydrogen) atoms. The summed E-state index contributed by atoms with van der Waals surface area (Å²) in [7, 11) is 0. The molecule has 2 heterocycles. The molecule has 0 fully saturated rings. The van der Waals surface area contributed by atoms with E-state index in [1.54, 1.807) is 22.3 Å². The molecule has 0 unspecified atom stereocenters. The van der Waals surface area contributed by atoms with Crippen molar-refractivity contribution in [1.82, 2.24) is 0 Å². The molecule has 2 aliphatic heterocycles. The summed E-state index contributed by atoms with van der Waals surface area (Å²) in [5, 5.41) is 6.10. The summed E-state index contributed by atoms with van der Waals surface area (Å²) in [5.74, 6) is 0. The Bertz CT molecular complexity index is 475. The first-order valence-corrected chi connectivity index (χ1v) is 16.0. The molecule has 212 valence electrons. The van der Waals surface area contributed by atoms with Crippen LogP contribution < -0.4 is 0 Å². The third-order valence-corrected chi connectivity index (χ3v) is 5.98. The van der Waals surface area contributed by atoms with Crippen LogP contribution in [0.2, 0.25) is 0 Å². The van der Waals surface area contributed by atoms with Crippen molar-refractivity contribution in [1.29, 1.82) is 0 Å². The zero-order valence-electron chi connectivity index (χ0n) is 26.6. The third-order valence-electron chi connectivity index (χ3n) is 4.19. The Kier molecular flexibility index (Phi) is 89.1. The topological polar surface area (TPSA) is 0 Å². The van der Waals surface area contributed by atoms with Crippen molar-refractivity contribution in [2.45, 2.75) is 160 Å². The largest absolute Gasteiger partial charge is 0.0915 e. The van der Waals surface area contributed by atoms with Crippen LogP contribution in [0.4, 0.5) is 0 Å². The van der Waals surface area contributed by atoms with Crippen molar-refractivity contribution in [2.24, 2.45) is 0 Å². The molecule has 4 heteroatoms. The molecule has 0 amide bonds. The Morgan fingerprint density at radius 3 is 0.639 bits per heavy atom. The van der Waals surface area contributed by atoms with Crippen molar-refractivity contribution < 1.29 is 0 Å². The SMILES string of the molecule is C1#S/C(=C2\C=CC#S2)C=C1.CCCC.CCCC.CCCC.CCCC.CCCC.CCCC.[Sn].[Sn]. The summed E-state index contributed by atoms with van der Waals surface area (Å²) < 4.78 is 0. The fourth-order valence-corrected chi connectivity index (χ4v) is 2.13. The van der Waals surface area contributed by atoms with Crippen molar-refractivity contribution in [3.05, 3.63) is 34.1 Å². The maximum Gasteiger partial charge on any atom is 0.0539 e. The van der Waals surface area contributed by atoms with E-state index in [1.165, 1.54) is 86.9 Å². The first kappa shape index (κ1) is 53.1. The Labute approximate surface area is 272 Å². The fraction of sp³-hybridized carbons (Fsp3) is 0.750. The summed E-state index contributed by atoms with van der Waals surface area (Å²) >= 11 is 3.29. The van der Waals surface area contributed by atoms with Crippen LogP contribution in [0.1, 0.15) is 160 Å². The summed E-state index contributed by atoms with van der Waals surface area (Å²) in [6, 6.07) is 0. The quantitative estimate of drug-likeness (QED) is 0.237. The van der Waals surface area contributed by atoms with Gasteiger partial charge in [0.2, 0.25) is 0 Å². The molecule has 0 atom stereocenters. The first-order chi connectivity index (χ1) is 16.5. The summed E-state index contributed by atoms with van der Waals surface area (Å²) in [6.07, 6.45) is 23.9. The molecule has 0 aromatic heterocycles. The summed E-state index contributed by atoms with van der Waals surface area (Å²) in [5.41, 5.74) is 0. The van der Waals surface area contributed by atoms with Gasteiger partial charge in [0.1, 0.15) is 0 Å². The normalized spacial score (nSPS) is 12.1. The Morgan fingerprint density at radius 1 is 0.389 bits per heavy atom. The maximum absolute atomic E-state index is 3.05. The van der Waals surface area contributed by atoms with Gasteiger partial charge in [0.05, 0.1) is 9.81 Å². The van der Waals surface area contributed by atoms with Crippen molar-refractivity contribution in [3.63, 3.8) is 0 Å². The molecule has 0 spiro atoms. The number of allylic oxidation sites excluding steroid dienone is 4. The van der Waals surface area contributed by atoms with E-state index < -0.39 is 0 Å². The van der Waals surface area contributed by atoms with Gasteiger partial charge in [-0.15, -0.1) is 0 Å². The van der Waals surface area contributed by atoms with Crippen molar-refractivity contribution in [2.75, 3.05) is 0 Å². The van der Waals surface area contributed by atoms with Crippen LogP contribution in [-0.4, -0.2) is 47.8 Å². The monoisotopic (exact) mass is 752 g/mol. The minimum absolute atomic E-state index is 0. The smallest absolute Gasteiger partial charge is 0.0539 e. The molecule has 2 rings (SSSR count). The van der Waals surface area contributed by atoms with Crippen LogP contribution >= 0.6 is 22.3 Å². The molecular formula is C32H64S2Sn2. The van der Waals surface area contributed by atoms with Gasteiger partial charge in [-0.25, -0.2) is 0 Å². The van der Waals surface area contributed by atoms with Gasteiger partial charge < -0.3 is 0 Å². The van der Waals surface area contributed by atoms with E-state index in [4.69, 9.17) is 0 Å². The molecule has 0 nitrogen and oxygen atoms in total.